The molecule has 1 aromatic rings. The summed E-state index contributed by atoms with van der Waals surface area (Å²) in [6.45, 7) is 5.65. The van der Waals surface area contributed by atoms with Crippen LogP contribution < -0.4 is 0 Å². The van der Waals surface area contributed by atoms with E-state index in [0.29, 0.717) is 0 Å². The molecule has 0 radical (unpaired) electrons. The lowest BCUT2D eigenvalue weighted by molar-refractivity contribution is 0.194. The average Bonchev–Trinajstić information content (AvgIpc) is 1.85. The predicted molar refractivity (Wildman–Crippen MR) is 44.3 cm³/mol. The Morgan fingerprint density at radius 1 is 1.36 bits per heavy atom. The normalized spacial score (nSPS) is 13.1. The summed E-state index contributed by atoms with van der Waals surface area (Å²) >= 11 is 0. The van der Waals surface area contributed by atoms with Gasteiger partial charge in [-0.15, -0.1) is 0 Å². The van der Waals surface area contributed by atoms with E-state index in [-0.39, 0.29) is 0 Å². The van der Waals surface area contributed by atoms with E-state index in [1.807, 2.05) is 26.0 Å². The number of nitrogens with zero attached hydrogens (tertiary/aromatic N) is 1. The molecule has 1 N–H and O–H groups in total. The Labute approximate surface area is 66.9 Å². The molecule has 0 aliphatic rings. The Balaban J connectivity index is 3.08. The van der Waals surface area contributed by atoms with E-state index in [1.54, 1.807) is 6.92 Å². The van der Waals surface area contributed by atoms with Crippen molar-refractivity contribution in [1.29, 1.82) is 0 Å². The number of hydrogen-bond acceptors (Lipinski definition) is 2. The van der Waals surface area contributed by atoms with Gasteiger partial charge in [-0.1, -0.05) is 0 Å². The fourth-order valence-electron chi connectivity index (χ4n) is 1.09. The van der Waals surface area contributed by atoms with Crippen molar-refractivity contribution in [2.75, 3.05) is 0 Å². The van der Waals surface area contributed by atoms with Gasteiger partial charge in [0.05, 0.1) is 11.8 Å². The number of hydrogen-bond donors (Lipinski definition) is 1. The van der Waals surface area contributed by atoms with E-state index >= 15 is 0 Å². The summed E-state index contributed by atoms with van der Waals surface area (Å²) in [7, 11) is 0. The molecule has 0 aliphatic carbocycles. The Kier molecular flexibility index (Phi) is 2.25. The molecule has 1 aromatic heterocycles. The zero-order valence-electron chi connectivity index (χ0n) is 7.13. The van der Waals surface area contributed by atoms with Gasteiger partial charge in [-0.25, -0.2) is 0 Å². The first-order valence-corrected chi connectivity index (χ1v) is 3.73. The Bertz CT molecular complexity index is 235. The van der Waals surface area contributed by atoms with Crippen molar-refractivity contribution in [2.24, 2.45) is 0 Å². The standard InChI is InChI=1S/C9H13NO/c1-6-4-7(2)10-9(5-6)8(3)11/h4-5,8,11H,1-3H3. The summed E-state index contributed by atoms with van der Waals surface area (Å²) in [5.41, 5.74) is 2.86. The summed E-state index contributed by atoms with van der Waals surface area (Å²) < 4.78 is 0. The zero-order chi connectivity index (χ0) is 8.43. The van der Waals surface area contributed by atoms with E-state index in [9.17, 15) is 5.11 Å². The van der Waals surface area contributed by atoms with Crippen molar-refractivity contribution in [2.45, 2.75) is 26.9 Å². The van der Waals surface area contributed by atoms with Crippen LogP contribution in [0.2, 0.25) is 0 Å². The largest absolute Gasteiger partial charge is 0.387 e. The third kappa shape index (κ3) is 2.02. The number of aromatic nitrogens is 1. The minimum Gasteiger partial charge on any atom is -0.387 e. The van der Waals surface area contributed by atoms with Crippen molar-refractivity contribution in [3.05, 3.63) is 29.1 Å². The number of aryl methyl sites for hydroxylation is 2. The number of aliphatic hydroxyl groups excluding tert-OH is 1. The lowest BCUT2D eigenvalue weighted by atomic mass is 10.2. The molecule has 0 aromatic carbocycles. The molecular weight excluding hydrogens is 138 g/mol. The summed E-state index contributed by atoms with van der Waals surface area (Å²) in [5.74, 6) is 0. The van der Waals surface area contributed by atoms with Crippen LogP contribution in [0.5, 0.6) is 0 Å². The molecule has 0 saturated carbocycles. The van der Waals surface area contributed by atoms with Crippen molar-refractivity contribution < 1.29 is 5.11 Å². The fourth-order valence-corrected chi connectivity index (χ4v) is 1.09. The SMILES string of the molecule is Cc1cc(C)nc(C(C)O)c1. The van der Waals surface area contributed by atoms with Crippen LogP contribution in [-0.2, 0) is 0 Å². The number of aliphatic hydroxyl groups is 1. The van der Waals surface area contributed by atoms with Crippen molar-refractivity contribution in [3.8, 4) is 0 Å². The number of rotatable bonds is 1. The lowest BCUT2D eigenvalue weighted by Gasteiger charge is -2.05. The minimum absolute atomic E-state index is 0.464. The minimum atomic E-state index is -0.464. The molecule has 0 amide bonds. The van der Waals surface area contributed by atoms with E-state index in [2.05, 4.69) is 4.98 Å². The van der Waals surface area contributed by atoms with Crippen LogP contribution in [0.3, 0.4) is 0 Å². The van der Waals surface area contributed by atoms with Crippen LogP contribution in [-0.4, -0.2) is 10.1 Å². The predicted octanol–water partition coefficient (Wildman–Crippen LogP) is 1.75. The highest BCUT2D eigenvalue weighted by Gasteiger charge is 2.02. The van der Waals surface area contributed by atoms with Crippen LogP contribution in [0.4, 0.5) is 0 Å². The van der Waals surface area contributed by atoms with E-state index in [0.717, 1.165) is 17.0 Å². The molecule has 0 spiro atoms. The topological polar surface area (TPSA) is 33.1 Å². The van der Waals surface area contributed by atoms with Crippen LogP contribution in [0.25, 0.3) is 0 Å². The fraction of sp³-hybridized carbons (Fsp3) is 0.444. The van der Waals surface area contributed by atoms with Gasteiger partial charge in [0.15, 0.2) is 0 Å². The molecule has 1 atom stereocenters. The van der Waals surface area contributed by atoms with Crippen LogP contribution in [0.1, 0.15) is 30.0 Å². The molecular formula is C9H13NO. The quantitative estimate of drug-likeness (QED) is 0.663. The first-order chi connectivity index (χ1) is 5.09. The Morgan fingerprint density at radius 2 is 2.00 bits per heavy atom. The van der Waals surface area contributed by atoms with Crippen molar-refractivity contribution >= 4 is 0 Å². The first kappa shape index (κ1) is 8.21. The summed E-state index contributed by atoms with van der Waals surface area (Å²) in [4.78, 5) is 4.18. The summed E-state index contributed by atoms with van der Waals surface area (Å²) in [5, 5.41) is 9.21. The molecule has 0 saturated heterocycles. The van der Waals surface area contributed by atoms with Gasteiger partial charge in [0.25, 0.3) is 0 Å². The van der Waals surface area contributed by atoms with E-state index < -0.39 is 6.10 Å². The second-order valence-corrected chi connectivity index (χ2v) is 2.89. The van der Waals surface area contributed by atoms with Crippen LogP contribution >= 0.6 is 0 Å². The molecule has 60 valence electrons. The maximum atomic E-state index is 9.21. The van der Waals surface area contributed by atoms with Gasteiger partial charge < -0.3 is 5.11 Å². The molecule has 2 nitrogen and oxygen atoms in total. The van der Waals surface area contributed by atoms with Gasteiger partial charge >= 0.3 is 0 Å². The van der Waals surface area contributed by atoms with E-state index in [1.165, 1.54) is 0 Å². The highest BCUT2D eigenvalue weighted by atomic mass is 16.3. The maximum absolute atomic E-state index is 9.21. The third-order valence-electron chi connectivity index (χ3n) is 1.55. The molecule has 1 unspecified atom stereocenters. The molecule has 0 fully saturated rings. The van der Waals surface area contributed by atoms with Crippen LogP contribution in [0, 0.1) is 13.8 Å². The maximum Gasteiger partial charge on any atom is 0.0931 e. The van der Waals surface area contributed by atoms with Crippen molar-refractivity contribution in [1.82, 2.24) is 4.98 Å². The third-order valence-corrected chi connectivity index (χ3v) is 1.55. The highest BCUT2D eigenvalue weighted by molar-refractivity contribution is 5.20. The highest BCUT2D eigenvalue weighted by Crippen LogP contribution is 2.11. The molecule has 0 bridgehead atoms. The van der Waals surface area contributed by atoms with Gasteiger partial charge in [-0.3, -0.25) is 4.98 Å². The van der Waals surface area contributed by atoms with Gasteiger partial charge in [0, 0.05) is 5.69 Å². The van der Waals surface area contributed by atoms with Crippen LogP contribution in [0.15, 0.2) is 12.1 Å². The zero-order valence-corrected chi connectivity index (χ0v) is 7.13. The van der Waals surface area contributed by atoms with Crippen molar-refractivity contribution in [3.63, 3.8) is 0 Å². The second kappa shape index (κ2) is 3.01. The monoisotopic (exact) mass is 151 g/mol. The molecule has 1 rings (SSSR count). The molecule has 2 heteroatoms. The average molecular weight is 151 g/mol. The Hall–Kier alpha value is -0.890. The van der Waals surface area contributed by atoms with Gasteiger partial charge in [0.1, 0.15) is 0 Å². The smallest absolute Gasteiger partial charge is 0.0931 e. The lowest BCUT2D eigenvalue weighted by Crippen LogP contribution is -1.97. The Morgan fingerprint density at radius 3 is 2.45 bits per heavy atom. The van der Waals surface area contributed by atoms with E-state index in [4.69, 9.17) is 0 Å². The molecule has 0 aliphatic heterocycles. The summed E-state index contributed by atoms with van der Waals surface area (Å²) in [6, 6.07) is 3.89. The second-order valence-electron chi connectivity index (χ2n) is 2.89. The molecule has 11 heavy (non-hydrogen) atoms. The first-order valence-electron chi connectivity index (χ1n) is 3.73. The van der Waals surface area contributed by atoms with Gasteiger partial charge in [-0.2, -0.15) is 0 Å². The molecule has 1 heterocycles. The summed E-state index contributed by atoms with van der Waals surface area (Å²) in [6.07, 6.45) is -0.464. The van der Waals surface area contributed by atoms with Gasteiger partial charge in [0.2, 0.25) is 0 Å². The number of pyridine rings is 1. The van der Waals surface area contributed by atoms with Gasteiger partial charge in [-0.05, 0) is 38.5 Å².